The molecule has 0 aliphatic heterocycles. The van der Waals surface area contributed by atoms with Crippen LogP contribution >= 0.6 is 0 Å². The number of hydrogen-bond acceptors (Lipinski definition) is 4. The number of ether oxygens (including phenoxy) is 1. The van der Waals surface area contributed by atoms with Crippen molar-refractivity contribution in [3.63, 3.8) is 0 Å². The molecule has 0 saturated heterocycles. The fraction of sp³-hybridized carbons (Fsp3) is 0.111. The third-order valence-corrected chi connectivity index (χ3v) is 3.39. The van der Waals surface area contributed by atoms with E-state index in [-0.39, 0.29) is 5.95 Å². The van der Waals surface area contributed by atoms with E-state index in [4.69, 9.17) is 4.74 Å². The summed E-state index contributed by atoms with van der Waals surface area (Å²) in [5.41, 5.74) is 0.324. The number of para-hydroxylation sites is 2. The number of aryl methyl sites for hydroxylation is 1. The zero-order valence-corrected chi connectivity index (χ0v) is 13.2. The Hall–Kier alpha value is -3.09. The topological polar surface area (TPSA) is 47.0 Å². The molecule has 4 nitrogen and oxygen atoms in total. The van der Waals surface area contributed by atoms with E-state index >= 15 is 0 Å². The Morgan fingerprint density at radius 2 is 1.64 bits per heavy atom. The van der Waals surface area contributed by atoms with Crippen LogP contribution in [0.4, 0.5) is 24.8 Å². The molecule has 3 aromatic rings. The van der Waals surface area contributed by atoms with Crippen LogP contribution in [0.25, 0.3) is 0 Å². The molecule has 0 saturated carbocycles. The van der Waals surface area contributed by atoms with Crippen LogP contribution in [-0.4, -0.2) is 9.97 Å². The first kappa shape index (κ1) is 16.8. The third-order valence-electron chi connectivity index (χ3n) is 3.39. The highest BCUT2D eigenvalue weighted by atomic mass is 19.4. The number of nitrogens with one attached hydrogen (secondary N) is 1. The average molecular weight is 345 g/mol. The lowest BCUT2D eigenvalue weighted by atomic mass is 10.2. The molecule has 0 amide bonds. The van der Waals surface area contributed by atoms with Gasteiger partial charge in [-0.3, -0.25) is 0 Å². The van der Waals surface area contributed by atoms with Crippen LogP contribution in [-0.2, 0) is 6.18 Å². The van der Waals surface area contributed by atoms with Crippen molar-refractivity contribution >= 4 is 11.6 Å². The fourth-order valence-electron chi connectivity index (χ4n) is 2.12. The maximum Gasteiger partial charge on any atom is 0.423 e. The van der Waals surface area contributed by atoms with Gasteiger partial charge >= 0.3 is 6.18 Å². The standard InChI is InChI=1S/C18H14F3N3O/c1-12-7-5-6-10-15(12)25-16-14(18(19,20)21)11-22-17(24-16)23-13-8-3-2-4-9-13/h2-11H,1H3,(H,22,23,24). The second-order valence-electron chi connectivity index (χ2n) is 5.27. The summed E-state index contributed by atoms with van der Waals surface area (Å²) in [4.78, 5) is 7.65. The van der Waals surface area contributed by atoms with Crippen molar-refractivity contribution in [3.8, 4) is 11.6 Å². The number of anilines is 2. The van der Waals surface area contributed by atoms with Gasteiger partial charge in [0, 0.05) is 11.9 Å². The lowest BCUT2D eigenvalue weighted by Gasteiger charge is -2.15. The van der Waals surface area contributed by atoms with Crippen LogP contribution in [0.15, 0.2) is 60.8 Å². The number of aromatic nitrogens is 2. The van der Waals surface area contributed by atoms with Gasteiger partial charge in [-0.1, -0.05) is 36.4 Å². The Bertz CT molecular complexity index is 867. The molecule has 0 bridgehead atoms. The summed E-state index contributed by atoms with van der Waals surface area (Å²) in [5.74, 6) is -0.227. The quantitative estimate of drug-likeness (QED) is 0.693. The molecule has 0 radical (unpaired) electrons. The molecular weight excluding hydrogens is 331 g/mol. The summed E-state index contributed by atoms with van der Waals surface area (Å²) in [6, 6.07) is 15.7. The summed E-state index contributed by atoms with van der Waals surface area (Å²) in [7, 11) is 0. The molecule has 0 aliphatic carbocycles. The summed E-state index contributed by atoms with van der Waals surface area (Å²) in [6.45, 7) is 1.74. The van der Waals surface area contributed by atoms with Gasteiger partial charge in [0.2, 0.25) is 11.8 Å². The maximum atomic E-state index is 13.2. The van der Waals surface area contributed by atoms with Gasteiger partial charge < -0.3 is 10.1 Å². The first-order chi connectivity index (χ1) is 11.9. The minimum absolute atomic E-state index is 0.0165. The molecule has 1 N–H and O–H groups in total. The summed E-state index contributed by atoms with van der Waals surface area (Å²) in [5, 5.41) is 2.85. The Labute approximate surface area is 142 Å². The van der Waals surface area contributed by atoms with E-state index in [2.05, 4.69) is 15.3 Å². The fourth-order valence-corrected chi connectivity index (χ4v) is 2.12. The number of nitrogens with zero attached hydrogens (tertiary/aromatic N) is 2. The number of halogens is 3. The van der Waals surface area contributed by atoms with Gasteiger partial charge in [0.25, 0.3) is 0 Å². The van der Waals surface area contributed by atoms with E-state index < -0.39 is 17.6 Å². The summed E-state index contributed by atoms with van der Waals surface area (Å²) in [6.07, 6.45) is -3.91. The highest BCUT2D eigenvalue weighted by molar-refractivity contribution is 5.53. The second kappa shape index (κ2) is 6.80. The van der Waals surface area contributed by atoms with Crippen LogP contribution in [0.3, 0.4) is 0 Å². The molecule has 0 spiro atoms. The molecule has 1 aromatic heterocycles. The van der Waals surface area contributed by atoms with Crippen LogP contribution in [0.1, 0.15) is 11.1 Å². The molecule has 3 rings (SSSR count). The van der Waals surface area contributed by atoms with E-state index in [0.29, 0.717) is 23.2 Å². The van der Waals surface area contributed by atoms with Gasteiger partial charge in [0.1, 0.15) is 11.3 Å². The van der Waals surface area contributed by atoms with Crippen LogP contribution < -0.4 is 10.1 Å². The van der Waals surface area contributed by atoms with Gasteiger partial charge in [-0.05, 0) is 30.7 Å². The highest BCUT2D eigenvalue weighted by Crippen LogP contribution is 2.37. The first-order valence-corrected chi connectivity index (χ1v) is 7.43. The molecule has 128 valence electrons. The second-order valence-corrected chi connectivity index (χ2v) is 5.27. The van der Waals surface area contributed by atoms with Gasteiger partial charge in [0.15, 0.2) is 0 Å². The smallest absolute Gasteiger partial charge is 0.423 e. The molecule has 0 atom stereocenters. The summed E-state index contributed by atoms with van der Waals surface area (Å²) < 4.78 is 45.1. The lowest BCUT2D eigenvalue weighted by molar-refractivity contribution is -0.139. The molecule has 7 heteroatoms. The molecule has 1 heterocycles. The Morgan fingerprint density at radius 1 is 0.960 bits per heavy atom. The maximum absolute atomic E-state index is 13.2. The van der Waals surface area contributed by atoms with Gasteiger partial charge in [-0.15, -0.1) is 0 Å². The number of alkyl halides is 3. The number of rotatable bonds is 4. The minimum atomic E-state index is -4.62. The van der Waals surface area contributed by atoms with Crippen molar-refractivity contribution < 1.29 is 17.9 Å². The monoisotopic (exact) mass is 345 g/mol. The SMILES string of the molecule is Cc1ccccc1Oc1nc(Nc2ccccc2)ncc1C(F)(F)F. The molecule has 25 heavy (non-hydrogen) atoms. The average Bonchev–Trinajstić information content (AvgIpc) is 2.57. The molecular formula is C18H14F3N3O. The Balaban J connectivity index is 1.97. The predicted octanol–water partition coefficient (Wildman–Crippen LogP) is 5.34. The van der Waals surface area contributed by atoms with E-state index in [9.17, 15) is 13.2 Å². The van der Waals surface area contributed by atoms with Crippen molar-refractivity contribution in [2.45, 2.75) is 13.1 Å². The van der Waals surface area contributed by atoms with E-state index in [1.54, 1.807) is 55.5 Å². The van der Waals surface area contributed by atoms with Crippen LogP contribution in [0.5, 0.6) is 11.6 Å². The van der Waals surface area contributed by atoms with Gasteiger partial charge in [-0.2, -0.15) is 18.2 Å². The lowest BCUT2D eigenvalue weighted by Crippen LogP contribution is -2.11. The Kier molecular flexibility index (Phi) is 4.56. The van der Waals surface area contributed by atoms with Crippen molar-refractivity contribution in [3.05, 3.63) is 71.9 Å². The third kappa shape index (κ3) is 4.06. The largest absolute Gasteiger partial charge is 0.438 e. The molecule has 0 unspecified atom stereocenters. The Morgan fingerprint density at radius 3 is 2.32 bits per heavy atom. The highest BCUT2D eigenvalue weighted by Gasteiger charge is 2.36. The van der Waals surface area contributed by atoms with Crippen LogP contribution in [0, 0.1) is 6.92 Å². The van der Waals surface area contributed by atoms with Crippen molar-refractivity contribution in [2.75, 3.05) is 5.32 Å². The first-order valence-electron chi connectivity index (χ1n) is 7.43. The van der Waals surface area contributed by atoms with Crippen molar-refractivity contribution in [2.24, 2.45) is 0 Å². The number of benzene rings is 2. The van der Waals surface area contributed by atoms with E-state index in [1.807, 2.05) is 6.07 Å². The van der Waals surface area contributed by atoms with Gasteiger partial charge in [-0.25, -0.2) is 4.98 Å². The van der Waals surface area contributed by atoms with Crippen molar-refractivity contribution in [1.82, 2.24) is 9.97 Å². The van der Waals surface area contributed by atoms with Crippen LogP contribution in [0.2, 0.25) is 0 Å². The minimum Gasteiger partial charge on any atom is -0.438 e. The molecule has 0 fully saturated rings. The predicted molar refractivity (Wildman–Crippen MR) is 88.0 cm³/mol. The molecule has 2 aromatic carbocycles. The van der Waals surface area contributed by atoms with E-state index in [1.165, 1.54) is 0 Å². The van der Waals surface area contributed by atoms with Crippen molar-refractivity contribution in [1.29, 1.82) is 0 Å². The zero-order chi connectivity index (χ0) is 17.9. The zero-order valence-electron chi connectivity index (χ0n) is 13.2. The summed E-state index contributed by atoms with van der Waals surface area (Å²) >= 11 is 0. The number of hydrogen-bond donors (Lipinski definition) is 1. The molecule has 0 aliphatic rings. The normalized spacial score (nSPS) is 11.2. The van der Waals surface area contributed by atoms with Gasteiger partial charge in [0.05, 0.1) is 0 Å². The van der Waals surface area contributed by atoms with E-state index in [0.717, 1.165) is 0 Å².